The predicted molar refractivity (Wildman–Crippen MR) is 60.6 cm³/mol. The first-order valence-electron chi connectivity index (χ1n) is 5.45. The highest BCUT2D eigenvalue weighted by Gasteiger charge is 1.98. The van der Waals surface area contributed by atoms with Crippen molar-refractivity contribution in [2.75, 3.05) is 20.3 Å². The molecule has 4 nitrogen and oxygen atoms in total. The molecule has 0 unspecified atom stereocenters. The van der Waals surface area contributed by atoms with Gasteiger partial charge in [-0.25, -0.2) is 4.98 Å². The van der Waals surface area contributed by atoms with Crippen LogP contribution in [-0.2, 0) is 17.8 Å². The van der Waals surface area contributed by atoms with Gasteiger partial charge in [0.15, 0.2) is 0 Å². The summed E-state index contributed by atoms with van der Waals surface area (Å²) < 4.78 is 7.57. The SMILES string of the molecule is CNCc1cn(CCOCC(C)C)cn1. The molecular formula is C11H21N3O. The molecule has 86 valence electrons. The zero-order chi connectivity index (χ0) is 11.1. The van der Waals surface area contributed by atoms with Crippen LogP contribution in [0.15, 0.2) is 12.5 Å². The Morgan fingerprint density at radius 3 is 3.00 bits per heavy atom. The van der Waals surface area contributed by atoms with Crippen molar-refractivity contribution in [2.45, 2.75) is 26.9 Å². The number of hydrogen-bond donors (Lipinski definition) is 1. The second-order valence-electron chi connectivity index (χ2n) is 4.10. The normalized spacial score (nSPS) is 11.2. The molecule has 0 bridgehead atoms. The fourth-order valence-corrected chi connectivity index (χ4v) is 1.29. The number of aromatic nitrogens is 2. The molecule has 15 heavy (non-hydrogen) atoms. The Morgan fingerprint density at radius 1 is 1.53 bits per heavy atom. The third-order valence-corrected chi connectivity index (χ3v) is 1.99. The van der Waals surface area contributed by atoms with Crippen LogP contribution >= 0.6 is 0 Å². The van der Waals surface area contributed by atoms with Gasteiger partial charge in [-0.15, -0.1) is 0 Å². The van der Waals surface area contributed by atoms with E-state index in [9.17, 15) is 0 Å². The quantitative estimate of drug-likeness (QED) is 0.690. The molecule has 1 N–H and O–H groups in total. The van der Waals surface area contributed by atoms with E-state index in [1.807, 2.05) is 13.4 Å². The average molecular weight is 211 g/mol. The molecule has 1 aromatic rings. The van der Waals surface area contributed by atoms with Crippen LogP contribution in [0.5, 0.6) is 0 Å². The van der Waals surface area contributed by atoms with Crippen LogP contribution in [0.3, 0.4) is 0 Å². The van der Waals surface area contributed by atoms with Gasteiger partial charge in [-0.1, -0.05) is 13.8 Å². The zero-order valence-corrected chi connectivity index (χ0v) is 9.86. The van der Waals surface area contributed by atoms with E-state index in [0.29, 0.717) is 5.92 Å². The summed E-state index contributed by atoms with van der Waals surface area (Å²) in [5.74, 6) is 0.604. The number of ether oxygens (including phenoxy) is 1. The minimum atomic E-state index is 0.604. The van der Waals surface area contributed by atoms with Gasteiger partial charge < -0.3 is 14.6 Å². The molecule has 0 aliphatic rings. The topological polar surface area (TPSA) is 39.1 Å². The highest BCUT2D eigenvalue weighted by molar-refractivity contribution is 4.95. The third kappa shape index (κ3) is 4.95. The van der Waals surface area contributed by atoms with Gasteiger partial charge in [0.1, 0.15) is 0 Å². The molecule has 1 aromatic heterocycles. The second kappa shape index (κ2) is 6.58. The molecule has 0 atom stereocenters. The molecule has 0 spiro atoms. The first-order valence-corrected chi connectivity index (χ1v) is 5.45. The summed E-state index contributed by atoms with van der Waals surface area (Å²) in [6.07, 6.45) is 3.90. The first kappa shape index (κ1) is 12.2. The Labute approximate surface area is 91.7 Å². The summed E-state index contributed by atoms with van der Waals surface area (Å²) in [7, 11) is 1.92. The molecule has 0 saturated heterocycles. The predicted octanol–water partition coefficient (Wildman–Crippen LogP) is 1.28. The lowest BCUT2D eigenvalue weighted by molar-refractivity contribution is 0.103. The van der Waals surface area contributed by atoms with E-state index in [1.54, 1.807) is 0 Å². The molecule has 0 fully saturated rings. The number of nitrogens with zero attached hydrogens (tertiary/aromatic N) is 2. The van der Waals surface area contributed by atoms with E-state index in [1.165, 1.54) is 0 Å². The van der Waals surface area contributed by atoms with Gasteiger partial charge in [-0.05, 0) is 13.0 Å². The Morgan fingerprint density at radius 2 is 2.33 bits per heavy atom. The van der Waals surface area contributed by atoms with E-state index in [0.717, 1.165) is 32.0 Å². The summed E-state index contributed by atoms with van der Waals surface area (Å²) in [5.41, 5.74) is 1.07. The van der Waals surface area contributed by atoms with E-state index < -0.39 is 0 Å². The molecule has 0 radical (unpaired) electrons. The summed E-state index contributed by atoms with van der Waals surface area (Å²) in [6.45, 7) is 7.60. The van der Waals surface area contributed by atoms with Gasteiger partial charge in [-0.2, -0.15) is 0 Å². The van der Waals surface area contributed by atoms with Crippen molar-refractivity contribution in [3.63, 3.8) is 0 Å². The maximum atomic E-state index is 5.50. The van der Waals surface area contributed by atoms with E-state index in [2.05, 4.69) is 34.9 Å². The fourth-order valence-electron chi connectivity index (χ4n) is 1.29. The average Bonchev–Trinajstić information content (AvgIpc) is 2.61. The maximum absolute atomic E-state index is 5.50. The van der Waals surface area contributed by atoms with E-state index in [-0.39, 0.29) is 0 Å². The lowest BCUT2D eigenvalue weighted by Gasteiger charge is -2.06. The van der Waals surface area contributed by atoms with Crippen LogP contribution in [0.2, 0.25) is 0 Å². The van der Waals surface area contributed by atoms with Gasteiger partial charge in [0.25, 0.3) is 0 Å². The van der Waals surface area contributed by atoms with Gasteiger partial charge >= 0.3 is 0 Å². The van der Waals surface area contributed by atoms with Crippen LogP contribution in [0, 0.1) is 5.92 Å². The van der Waals surface area contributed by atoms with Crippen LogP contribution in [0.4, 0.5) is 0 Å². The lowest BCUT2D eigenvalue weighted by Crippen LogP contribution is -2.08. The fraction of sp³-hybridized carbons (Fsp3) is 0.727. The number of nitrogens with one attached hydrogen (secondary N) is 1. The van der Waals surface area contributed by atoms with E-state index in [4.69, 9.17) is 4.74 Å². The Kier molecular flexibility index (Phi) is 5.36. The number of rotatable bonds is 7. The van der Waals surface area contributed by atoms with Gasteiger partial charge in [-0.3, -0.25) is 0 Å². The monoisotopic (exact) mass is 211 g/mol. The standard InChI is InChI=1S/C11H21N3O/c1-10(2)8-15-5-4-14-7-11(6-12-3)13-9-14/h7,9-10,12H,4-6,8H2,1-3H3. The molecular weight excluding hydrogens is 190 g/mol. The van der Waals surface area contributed by atoms with Crippen LogP contribution in [0.25, 0.3) is 0 Å². The minimum Gasteiger partial charge on any atom is -0.379 e. The van der Waals surface area contributed by atoms with Crippen molar-refractivity contribution in [1.29, 1.82) is 0 Å². The summed E-state index contributed by atoms with van der Waals surface area (Å²) in [5, 5.41) is 3.07. The zero-order valence-electron chi connectivity index (χ0n) is 9.86. The molecule has 0 amide bonds. The molecule has 0 aliphatic heterocycles. The second-order valence-corrected chi connectivity index (χ2v) is 4.10. The maximum Gasteiger partial charge on any atom is 0.0950 e. The molecule has 0 saturated carbocycles. The summed E-state index contributed by atoms with van der Waals surface area (Å²) in [4.78, 5) is 4.26. The molecule has 0 aromatic carbocycles. The minimum absolute atomic E-state index is 0.604. The number of imidazole rings is 1. The van der Waals surface area contributed by atoms with Crippen LogP contribution in [0.1, 0.15) is 19.5 Å². The Balaban J connectivity index is 2.19. The first-order chi connectivity index (χ1) is 7.22. The highest BCUT2D eigenvalue weighted by Crippen LogP contribution is 1.97. The van der Waals surface area contributed by atoms with Gasteiger partial charge in [0, 0.05) is 25.9 Å². The van der Waals surface area contributed by atoms with Crippen molar-refractivity contribution in [1.82, 2.24) is 14.9 Å². The largest absolute Gasteiger partial charge is 0.379 e. The van der Waals surface area contributed by atoms with Crippen molar-refractivity contribution in [2.24, 2.45) is 5.92 Å². The van der Waals surface area contributed by atoms with Crippen molar-refractivity contribution >= 4 is 0 Å². The summed E-state index contributed by atoms with van der Waals surface area (Å²) in [6, 6.07) is 0. The van der Waals surface area contributed by atoms with Gasteiger partial charge in [0.05, 0.1) is 18.6 Å². The van der Waals surface area contributed by atoms with Crippen molar-refractivity contribution in [3.8, 4) is 0 Å². The van der Waals surface area contributed by atoms with Crippen molar-refractivity contribution in [3.05, 3.63) is 18.2 Å². The van der Waals surface area contributed by atoms with Crippen molar-refractivity contribution < 1.29 is 4.74 Å². The molecule has 4 heteroatoms. The molecule has 1 rings (SSSR count). The van der Waals surface area contributed by atoms with Gasteiger partial charge in [0.2, 0.25) is 0 Å². The Hall–Kier alpha value is -0.870. The lowest BCUT2D eigenvalue weighted by atomic mass is 10.2. The Bertz CT molecular complexity index is 271. The van der Waals surface area contributed by atoms with Crippen LogP contribution in [-0.4, -0.2) is 29.8 Å². The molecule has 0 aliphatic carbocycles. The smallest absolute Gasteiger partial charge is 0.0950 e. The number of hydrogen-bond acceptors (Lipinski definition) is 3. The summed E-state index contributed by atoms with van der Waals surface area (Å²) >= 11 is 0. The molecule has 1 heterocycles. The highest BCUT2D eigenvalue weighted by atomic mass is 16.5. The van der Waals surface area contributed by atoms with E-state index >= 15 is 0 Å². The third-order valence-electron chi connectivity index (χ3n) is 1.99. The van der Waals surface area contributed by atoms with Crippen LogP contribution < -0.4 is 5.32 Å².